The van der Waals surface area contributed by atoms with E-state index in [0.717, 1.165) is 53.3 Å². The molecule has 0 unspecified atom stereocenters. The third-order valence-corrected chi connectivity index (χ3v) is 8.67. The van der Waals surface area contributed by atoms with Crippen LogP contribution in [-0.4, -0.2) is 30.9 Å². The molecule has 1 N–H and O–H groups in total. The molecule has 9 heteroatoms. The number of aromatic nitrogens is 4. The van der Waals surface area contributed by atoms with E-state index in [1.165, 1.54) is 16.6 Å². The molecule has 34 heavy (non-hydrogen) atoms. The van der Waals surface area contributed by atoms with Gasteiger partial charge in [-0.15, -0.1) is 21.5 Å². The van der Waals surface area contributed by atoms with Gasteiger partial charge in [0.05, 0.1) is 16.3 Å². The summed E-state index contributed by atoms with van der Waals surface area (Å²) >= 11 is 2.87. The highest BCUT2D eigenvalue weighted by Crippen LogP contribution is 2.38. The number of hydrogen-bond acceptors (Lipinski definition) is 7. The molecule has 3 aromatic heterocycles. The van der Waals surface area contributed by atoms with Crippen molar-refractivity contribution >= 4 is 56.1 Å². The van der Waals surface area contributed by atoms with Crippen LogP contribution in [0.4, 0.5) is 5.00 Å². The molecule has 7 nitrogen and oxygen atoms in total. The third-order valence-electron chi connectivity index (χ3n) is 6.24. The summed E-state index contributed by atoms with van der Waals surface area (Å²) in [6, 6.07) is 10.6. The molecule has 174 valence electrons. The van der Waals surface area contributed by atoms with Crippen LogP contribution in [-0.2, 0) is 17.6 Å². The van der Waals surface area contributed by atoms with Crippen molar-refractivity contribution in [3.8, 4) is 6.07 Å². The highest BCUT2D eigenvalue weighted by molar-refractivity contribution is 8.00. The Morgan fingerprint density at radius 3 is 2.82 bits per heavy atom. The predicted molar refractivity (Wildman–Crippen MR) is 137 cm³/mol. The van der Waals surface area contributed by atoms with Gasteiger partial charge in [0.1, 0.15) is 16.6 Å². The Labute approximate surface area is 206 Å². The minimum atomic E-state index is -0.387. The maximum absolute atomic E-state index is 13.2. The van der Waals surface area contributed by atoms with Crippen LogP contribution in [0.5, 0.6) is 0 Å². The lowest BCUT2D eigenvalue weighted by Gasteiger charge is -2.14. The molecule has 0 spiro atoms. The standard InChI is InChI=1S/C25H26N6OS2/c1-4-19(23(32)28-24-17(13-26)15-9-6-8-12-20(15)33-24)34-25-27-22-21(29-30-25)16-10-5-7-11-18(16)31(22)14(2)3/h5,7,10-11,14,19H,4,6,8-9,12H2,1-3H3,(H,28,32)/t19-/m1/s1. The first-order chi connectivity index (χ1) is 16.5. The van der Waals surface area contributed by atoms with Crippen LogP contribution < -0.4 is 5.32 Å². The predicted octanol–water partition coefficient (Wildman–Crippen LogP) is 5.88. The Kier molecular flexibility index (Phi) is 6.28. The Balaban J connectivity index is 1.43. The molecule has 3 heterocycles. The van der Waals surface area contributed by atoms with Crippen molar-refractivity contribution in [1.82, 2.24) is 19.7 Å². The van der Waals surface area contributed by atoms with Crippen molar-refractivity contribution in [2.24, 2.45) is 0 Å². The number of carbonyl (C=O) groups excluding carboxylic acids is 1. The van der Waals surface area contributed by atoms with E-state index in [0.29, 0.717) is 22.1 Å². The first kappa shape index (κ1) is 22.8. The number of amides is 1. The molecule has 5 rings (SSSR count). The lowest BCUT2D eigenvalue weighted by molar-refractivity contribution is -0.115. The SMILES string of the molecule is CC[C@@H](Sc1nnc2c3ccccc3n(C(C)C)c2n1)C(=O)Nc1sc2c(c1C#N)CCCC2. The number of aryl methyl sites for hydroxylation is 1. The maximum Gasteiger partial charge on any atom is 0.238 e. The summed E-state index contributed by atoms with van der Waals surface area (Å²) in [6.07, 6.45) is 4.75. The summed E-state index contributed by atoms with van der Waals surface area (Å²) in [7, 11) is 0. The van der Waals surface area contributed by atoms with Crippen LogP contribution in [0.2, 0.25) is 0 Å². The molecular weight excluding hydrogens is 464 g/mol. The number of carbonyl (C=O) groups is 1. The molecule has 0 saturated heterocycles. The Bertz CT molecular complexity index is 1430. The maximum atomic E-state index is 13.2. The first-order valence-electron chi connectivity index (χ1n) is 11.7. The summed E-state index contributed by atoms with van der Waals surface area (Å²) < 4.78 is 2.17. The lowest BCUT2D eigenvalue weighted by Crippen LogP contribution is -2.25. The second kappa shape index (κ2) is 9.35. The summed E-state index contributed by atoms with van der Waals surface area (Å²) in [5.74, 6) is -0.129. The number of nitrogens with one attached hydrogen (secondary N) is 1. The molecule has 0 radical (unpaired) electrons. The molecule has 1 atom stereocenters. The minimum absolute atomic E-state index is 0.129. The third kappa shape index (κ3) is 3.95. The summed E-state index contributed by atoms with van der Waals surface area (Å²) in [6.45, 7) is 6.21. The lowest BCUT2D eigenvalue weighted by atomic mass is 9.96. The van der Waals surface area contributed by atoms with Crippen LogP contribution in [0.15, 0.2) is 29.4 Å². The van der Waals surface area contributed by atoms with E-state index in [2.05, 4.69) is 46.1 Å². The van der Waals surface area contributed by atoms with Crippen molar-refractivity contribution in [2.75, 3.05) is 5.32 Å². The molecule has 1 aliphatic carbocycles. The zero-order valence-corrected chi connectivity index (χ0v) is 21.1. The second-order valence-corrected chi connectivity index (χ2v) is 11.1. The number of anilines is 1. The van der Waals surface area contributed by atoms with Crippen molar-refractivity contribution in [3.63, 3.8) is 0 Å². The van der Waals surface area contributed by atoms with Gasteiger partial charge in [0.2, 0.25) is 11.1 Å². The number of hydrogen-bond donors (Lipinski definition) is 1. The number of benzene rings is 1. The van der Waals surface area contributed by atoms with Gasteiger partial charge in [0.15, 0.2) is 5.65 Å². The Morgan fingerprint density at radius 2 is 2.06 bits per heavy atom. The summed E-state index contributed by atoms with van der Waals surface area (Å²) in [5, 5.41) is 23.4. The van der Waals surface area contributed by atoms with E-state index < -0.39 is 0 Å². The molecule has 0 saturated carbocycles. The summed E-state index contributed by atoms with van der Waals surface area (Å²) in [5.41, 5.74) is 4.38. The van der Waals surface area contributed by atoms with E-state index in [9.17, 15) is 10.1 Å². The van der Waals surface area contributed by atoms with Gasteiger partial charge in [-0.2, -0.15) is 5.26 Å². The highest BCUT2D eigenvalue weighted by Gasteiger charge is 2.26. The number of rotatable bonds is 6. The van der Waals surface area contributed by atoms with Gasteiger partial charge >= 0.3 is 0 Å². The quantitative estimate of drug-likeness (QED) is 0.339. The fourth-order valence-corrected chi connectivity index (χ4v) is 6.69. The Hall–Kier alpha value is -2.96. The average Bonchev–Trinajstić information content (AvgIpc) is 3.36. The van der Waals surface area contributed by atoms with Gasteiger partial charge in [0, 0.05) is 16.3 Å². The van der Waals surface area contributed by atoms with Crippen LogP contribution in [0.25, 0.3) is 22.1 Å². The van der Waals surface area contributed by atoms with Crippen LogP contribution >= 0.6 is 23.1 Å². The fraction of sp³-hybridized carbons (Fsp3) is 0.400. The van der Waals surface area contributed by atoms with Gasteiger partial charge in [-0.05, 0) is 57.6 Å². The highest BCUT2D eigenvalue weighted by atomic mass is 32.2. The van der Waals surface area contributed by atoms with Crippen molar-refractivity contribution in [2.45, 2.75) is 69.3 Å². The van der Waals surface area contributed by atoms with E-state index in [1.54, 1.807) is 11.3 Å². The molecule has 1 aliphatic rings. The van der Waals surface area contributed by atoms with E-state index in [-0.39, 0.29) is 17.2 Å². The van der Waals surface area contributed by atoms with Crippen molar-refractivity contribution in [3.05, 3.63) is 40.3 Å². The molecule has 1 amide bonds. The van der Waals surface area contributed by atoms with Gasteiger partial charge in [-0.25, -0.2) is 4.98 Å². The monoisotopic (exact) mass is 490 g/mol. The van der Waals surface area contributed by atoms with Crippen LogP contribution in [0, 0.1) is 11.3 Å². The average molecular weight is 491 g/mol. The second-order valence-electron chi connectivity index (χ2n) is 8.78. The topological polar surface area (TPSA) is 96.5 Å². The molecule has 0 bridgehead atoms. The van der Waals surface area contributed by atoms with Gasteiger partial charge in [-0.1, -0.05) is 36.9 Å². The smallest absolute Gasteiger partial charge is 0.238 e. The minimum Gasteiger partial charge on any atom is -0.321 e. The number of nitrogens with zero attached hydrogens (tertiary/aromatic N) is 5. The van der Waals surface area contributed by atoms with Crippen molar-refractivity contribution in [1.29, 1.82) is 5.26 Å². The largest absolute Gasteiger partial charge is 0.321 e. The van der Waals surface area contributed by atoms with E-state index in [1.807, 2.05) is 25.1 Å². The molecular formula is C25H26N6OS2. The molecule has 1 aromatic carbocycles. The zero-order valence-electron chi connectivity index (χ0n) is 19.5. The number of nitriles is 1. The fourth-order valence-electron chi connectivity index (χ4n) is 4.63. The molecule has 4 aromatic rings. The van der Waals surface area contributed by atoms with Crippen molar-refractivity contribution < 1.29 is 4.79 Å². The first-order valence-corrected chi connectivity index (χ1v) is 13.4. The van der Waals surface area contributed by atoms with E-state index in [4.69, 9.17) is 4.98 Å². The summed E-state index contributed by atoms with van der Waals surface area (Å²) in [4.78, 5) is 19.2. The van der Waals surface area contributed by atoms with Gasteiger partial charge in [-0.3, -0.25) is 4.79 Å². The number of thioether (sulfide) groups is 1. The normalized spacial score (nSPS) is 14.3. The zero-order chi connectivity index (χ0) is 23.8. The Morgan fingerprint density at radius 1 is 1.26 bits per heavy atom. The molecule has 0 fully saturated rings. The van der Waals surface area contributed by atoms with E-state index >= 15 is 0 Å². The van der Waals surface area contributed by atoms with Crippen LogP contribution in [0.1, 0.15) is 62.1 Å². The number of thiophene rings is 1. The van der Waals surface area contributed by atoms with Gasteiger partial charge in [0.25, 0.3) is 0 Å². The number of para-hydroxylation sites is 1. The number of fused-ring (bicyclic) bond motifs is 4. The molecule has 0 aliphatic heterocycles. The van der Waals surface area contributed by atoms with Crippen LogP contribution in [0.3, 0.4) is 0 Å². The van der Waals surface area contributed by atoms with Gasteiger partial charge < -0.3 is 9.88 Å².